The van der Waals surface area contributed by atoms with E-state index < -0.39 is 5.97 Å². The number of para-hydroxylation sites is 1. The maximum absolute atomic E-state index is 11.6. The van der Waals surface area contributed by atoms with Crippen molar-refractivity contribution < 1.29 is 9.90 Å². The van der Waals surface area contributed by atoms with Gasteiger partial charge in [-0.2, -0.15) is 0 Å². The molecule has 16 heavy (non-hydrogen) atoms. The Balaban J connectivity index is 2.52. The lowest BCUT2D eigenvalue weighted by Crippen LogP contribution is -2.18. The monoisotopic (exact) mass is 220 g/mol. The molecule has 1 aromatic carbocycles. The van der Waals surface area contributed by atoms with Crippen LogP contribution in [0.5, 0.6) is 0 Å². The number of aliphatic carboxylic acids is 1. The maximum Gasteiger partial charge on any atom is 0.326 e. The van der Waals surface area contributed by atoms with Gasteiger partial charge in [0.25, 0.3) is 0 Å². The summed E-state index contributed by atoms with van der Waals surface area (Å²) in [5.74, 6) is -0.908. The Morgan fingerprint density at radius 3 is 2.94 bits per heavy atom. The lowest BCUT2D eigenvalue weighted by molar-refractivity contribution is -0.137. The second-order valence-electron chi connectivity index (χ2n) is 3.69. The highest BCUT2D eigenvalue weighted by molar-refractivity contribution is 5.78. The average molecular weight is 220 g/mol. The van der Waals surface area contributed by atoms with Crippen molar-refractivity contribution in [3.05, 3.63) is 34.2 Å². The van der Waals surface area contributed by atoms with Gasteiger partial charge in [0, 0.05) is 6.54 Å². The first-order valence-electron chi connectivity index (χ1n) is 4.99. The van der Waals surface area contributed by atoms with E-state index in [1.165, 1.54) is 4.57 Å². The minimum atomic E-state index is -0.908. The predicted octanol–water partition coefficient (Wildman–Crippen LogP) is 1.11. The molecule has 1 heterocycles. The third-order valence-electron chi connectivity index (χ3n) is 2.57. The Bertz CT molecular complexity index is 595. The Kier molecular flexibility index (Phi) is 2.52. The molecule has 0 aliphatic heterocycles. The highest BCUT2D eigenvalue weighted by Gasteiger charge is 2.08. The highest BCUT2D eigenvalue weighted by atomic mass is 16.4. The Morgan fingerprint density at radius 2 is 2.25 bits per heavy atom. The first kappa shape index (κ1) is 10.5. The van der Waals surface area contributed by atoms with Crippen LogP contribution in [0.2, 0.25) is 0 Å². The summed E-state index contributed by atoms with van der Waals surface area (Å²) in [6.45, 7) is 2.09. The third kappa shape index (κ3) is 1.71. The van der Waals surface area contributed by atoms with Crippen molar-refractivity contribution in [3.63, 3.8) is 0 Å². The molecule has 0 aliphatic carbocycles. The molecule has 2 N–H and O–H groups in total. The molecule has 1 aromatic heterocycles. The fourth-order valence-corrected chi connectivity index (χ4v) is 1.75. The first-order chi connectivity index (χ1) is 7.59. The number of nitrogens with zero attached hydrogens (tertiary/aromatic N) is 1. The van der Waals surface area contributed by atoms with Crippen molar-refractivity contribution in [3.8, 4) is 0 Å². The van der Waals surface area contributed by atoms with Gasteiger partial charge < -0.3 is 10.1 Å². The Morgan fingerprint density at radius 1 is 1.50 bits per heavy atom. The number of hydrogen-bond donors (Lipinski definition) is 2. The van der Waals surface area contributed by atoms with Crippen LogP contribution in [0.25, 0.3) is 11.0 Å². The Hall–Kier alpha value is -2.04. The maximum atomic E-state index is 11.6. The summed E-state index contributed by atoms with van der Waals surface area (Å²) >= 11 is 0. The number of carbonyl (C=O) groups is 1. The number of aromatic nitrogens is 2. The first-order valence-corrected chi connectivity index (χ1v) is 4.99. The molecular weight excluding hydrogens is 208 g/mol. The molecule has 0 amide bonds. The molecule has 0 atom stereocenters. The van der Waals surface area contributed by atoms with Crippen LogP contribution in [0, 0.1) is 6.92 Å². The van der Waals surface area contributed by atoms with Crippen LogP contribution >= 0.6 is 0 Å². The summed E-state index contributed by atoms with van der Waals surface area (Å²) in [6, 6.07) is 5.56. The van der Waals surface area contributed by atoms with Gasteiger partial charge in [-0.3, -0.25) is 9.36 Å². The van der Waals surface area contributed by atoms with Crippen LogP contribution < -0.4 is 5.69 Å². The number of aromatic amines is 1. The normalized spacial score (nSPS) is 10.8. The molecule has 0 fully saturated rings. The fraction of sp³-hybridized carbons (Fsp3) is 0.273. The molecule has 2 rings (SSSR count). The molecule has 0 saturated carbocycles. The summed E-state index contributed by atoms with van der Waals surface area (Å²) in [6.07, 6.45) is -0.0548. The van der Waals surface area contributed by atoms with E-state index in [4.69, 9.17) is 5.11 Å². The van der Waals surface area contributed by atoms with Crippen LogP contribution in [0.15, 0.2) is 23.0 Å². The number of aryl methyl sites for hydroxylation is 2. The zero-order valence-electron chi connectivity index (χ0n) is 8.86. The molecule has 2 aromatic rings. The molecule has 0 unspecified atom stereocenters. The van der Waals surface area contributed by atoms with E-state index in [9.17, 15) is 9.59 Å². The van der Waals surface area contributed by atoms with E-state index >= 15 is 0 Å². The average Bonchev–Trinajstić information content (AvgIpc) is 2.53. The summed E-state index contributed by atoms with van der Waals surface area (Å²) in [4.78, 5) is 24.8. The van der Waals surface area contributed by atoms with Gasteiger partial charge in [-0.05, 0) is 18.6 Å². The van der Waals surface area contributed by atoms with Gasteiger partial charge in [0.05, 0.1) is 17.5 Å². The molecule has 0 aliphatic rings. The summed E-state index contributed by atoms with van der Waals surface area (Å²) in [7, 11) is 0. The molecular formula is C11H12N2O3. The van der Waals surface area contributed by atoms with Crippen LogP contribution in [0.1, 0.15) is 12.0 Å². The number of hydrogen-bond acceptors (Lipinski definition) is 2. The summed E-state index contributed by atoms with van der Waals surface area (Å²) in [5.41, 5.74) is 2.25. The van der Waals surface area contributed by atoms with E-state index in [1.807, 2.05) is 25.1 Å². The van der Waals surface area contributed by atoms with Crippen LogP contribution in [0.4, 0.5) is 0 Å². The van der Waals surface area contributed by atoms with Gasteiger partial charge in [-0.15, -0.1) is 0 Å². The van der Waals surface area contributed by atoms with Gasteiger partial charge in [0.15, 0.2) is 0 Å². The topological polar surface area (TPSA) is 75.1 Å². The van der Waals surface area contributed by atoms with Crippen molar-refractivity contribution in [1.82, 2.24) is 9.55 Å². The largest absolute Gasteiger partial charge is 0.481 e. The molecule has 84 valence electrons. The number of benzene rings is 1. The van der Waals surface area contributed by atoms with Crippen molar-refractivity contribution in [2.45, 2.75) is 19.9 Å². The quantitative estimate of drug-likeness (QED) is 0.813. The standard InChI is InChI=1S/C11H12N2O3/c1-7-3-2-4-8-10(7)12-11(16)13(8)6-5-9(14)15/h2-4H,5-6H2,1H3,(H,12,16)(H,14,15). The van der Waals surface area contributed by atoms with Crippen molar-refractivity contribution >= 4 is 17.0 Å². The fourth-order valence-electron chi connectivity index (χ4n) is 1.75. The Labute approximate surface area is 91.3 Å². The van der Waals surface area contributed by atoms with Crippen molar-refractivity contribution in [2.24, 2.45) is 0 Å². The van der Waals surface area contributed by atoms with Gasteiger partial charge in [0.2, 0.25) is 0 Å². The predicted molar refractivity (Wildman–Crippen MR) is 59.5 cm³/mol. The van der Waals surface area contributed by atoms with Crippen molar-refractivity contribution in [2.75, 3.05) is 0 Å². The number of carboxylic acids is 1. The minimum absolute atomic E-state index is 0.0548. The smallest absolute Gasteiger partial charge is 0.326 e. The SMILES string of the molecule is Cc1cccc2c1[nH]c(=O)n2CCC(=O)O. The lowest BCUT2D eigenvalue weighted by atomic mass is 10.2. The van der Waals surface area contributed by atoms with Crippen molar-refractivity contribution in [1.29, 1.82) is 0 Å². The number of H-pyrrole nitrogens is 1. The number of fused-ring (bicyclic) bond motifs is 1. The number of nitrogens with one attached hydrogen (secondary N) is 1. The molecule has 5 heteroatoms. The van der Waals surface area contributed by atoms with E-state index in [2.05, 4.69) is 4.98 Å². The molecule has 0 bridgehead atoms. The second-order valence-corrected chi connectivity index (χ2v) is 3.69. The van der Waals surface area contributed by atoms with Gasteiger partial charge in [-0.25, -0.2) is 4.79 Å². The third-order valence-corrected chi connectivity index (χ3v) is 2.57. The van der Waals surface area contributed by atoms with Gasteiger partial charge in [-0.1, -0.05) is 12.1 Å². The number of carboxylic acid groups (broad SMARTS) is 1. The van der Waals surface area contributed by atoms with E-state index in [0.717, 1.165) is 16.6 Å². The van der Waals surface area contributed by atoms with Gasteiger partial charge >= 0.3 is 11.7 Å². The summed E-state index contributed by atoms with van der Waals surface area (Å²) in [5, 5.41) is 8.60. The van der Waals surface area contributed by atoms with E-state index in [0.29, 0.717) is 0 Å². The highest BCUT2D eigenvalue weighted by Crippen LogP contribution is 2.14. The second kappa shape index (κ2) is 3.84. The van der Waals surface area contributed by atoms with E-state index in [-0.39, 0.29) is 18.7 Å². The molecule has 0 spiro atoms. The van der Waals surface area contributed by atoms with E-state index in [1.54, 1.807) is 0 Å². The number of rotatable bonds is 3. The lowest BCUT2D eigenvalue weighted by Gasteiger charge is -2.00. The molecule has 0 radical (unpaired) electrons. The van der Waals surface area contributed by atoms with Crippen LogP contribution in [-0.4, -0.2) is 20.6 Å². The molecule has 0 saturated heterocycles. The molecule has 5 nitrogen and oxygen atoms in total. The minimum Gasteiger partial charge on any atom is -0.481 e. The van der Waals surface area contributed by atoms with Crippen LogP contribution in [0.3, 0.4) is 0 Å². The zero-order valence-corrected chi connectivity index (χ0v) is 8.86. The van der Waals surface area contributed by atoms with Gasteiger partial charge in [0.1, 0.15) is 0 Å². The number of imidazole rings is 1. The summed E-state index contributed by atoms with van der Waals surface area (Å²) < 4.78 is 1.45. The van der Waals surface area contributed by atoms with Crippen LogP contribution in [-0.2, 0) is 11.3 Å². The zero-order chi connectivity index (χ0) is 11.7.